The summed E-state index contributed by atoms with van der Waals surface area (Å²) in [6.07, 6.45) is -0.585. The Morgan fingerprint density at radius 3 is 2.25 bits per heavy atom. The molecule has 8 heavy (non-hydrogen) atoms. The summed E-state index contributed by atoms with van der Waals surface area (Å²) in [5.41, 5.74) is 5.03. The van der Waals surface area contributed by atoms with Crippen LogP contribution in [0.2, 0.25) is 0 Å². The van der Waals surface area contributed by atoms with E-state index in [4.69, 9.17) is 15.6 Å². The molecule has 0 bridgehead atoms. The first-order valence-corrected chi connectivity index (χ1v) is 2.68. The molecule has 0 aliphatic heterocycles. The van der Waals surface area contributed by atoms with Crippen LogP contribution in [0, 0.1) is 0 Å². The minimum atomic E-state index is -0.432. The summed E-state index contributed by atoms with van der Waals surface area (Å²) in [6.45, 7) is 3.62. The van der Waals surface area contributed by atoms with Gasteiger partial charge in [0.15, 0.2) is 0 Å². The Kier molecular flexibility index (Phi) is 3.77. The maximum absolute atomic E-state index is 8.77. The van der Waals surface area contributed by atoms with Gasteiger partial charge in [0.05, 0.1) is 18.9 Å². The number of rotatable bonds is 3. The van der Waals surface area contributed by atoms with Crippen LogP contribution in [-0.4, -0.2) is 24.0 Å². The monoisotopic (exact) mass is 119 g/mol. The molecule has 0 fully saturated rings. The van der Waals surface area contributed by atoms with Crippen LogP contribution in [0.15, 0.2) is 0 Å². The average molecular weight is 119 g/mol. The fourth-order valence-corrected chi connectivity index (χ4v) is 0.291. The third kappa shape index (κ3) is 2.96. The lowest BCUT2D eigenvalue weighted by atomic mass is 10.3. The summed E-state index contributed by atoms with van der Waals surface area (Å²) in [4.78, 5) is 0. The van der Waals surface area contributed by atoms with Gasteiger partial charge < -0.3 is 15.6 Å². The first kappa shape index (κ1) is 7.88. The van der Waals surface area contributed by atoms with E-state index in [2.05, 4.69) is 0 Å². The van der Waals surface area contributed by atoms with Gasteiger partial charge in [-0.15, -0.1) is 0 Å². The van der Waals surface area contributed by atoms with Gasteiger partial charge in [-0.25, -0.2) is 0 Å². The summed E-state index contributed by atoms with van der Waals surface area (Å²) in [7, 11) is 0. The zero-order valence-corrected chi connectivity index (χ0v) is 5.29. The highest BCUT2D eigenvalue weighted by molar-refractivity contribution is 4.54. The Morgan fingerprint density at radius 1 is 1.62 bits per heavy atom. The Balaban J connectivity index is 3.17. The standard InChI is InChI=1S/C5H13NO2/c1-4(7)5(2)8-3-6/h4-5,7H,3,6H2,1-2H3/t4?,5-/m0/s1. The van der Waals surface area contributed by atoms with Crippen LogP contribution in [0.1, 0.15) is 13.8 Å². The van der Waals surface area contributed by atoms with Crippen molar-refractivity contribution >= 4 is 0 Å². The Hall–Kier alpha value is -0.120. The summed E-state index contributed by atoms with van der Waals surface area (Å²) >= 11 is 0. The number of nitrogens with two attached hydrogens (primary N) is 1. The van der Waals surface area contributed by atoms with Crippen LogP contribution < -0.4 is 5.73 Å². The minimum Gasteiger partial charge on any atom is -0.391 e. The van der Waals surface area contributed by atoms with E-state index in [1.54, 1.807) is 13.8 Å². The van der Waals surface area contributed by atoms with Crippen molar-refractivity contribution in [3.63, 3.8) is 0 Å². The summed E-state index contributed by atoms with van der Waals surface area (Å²) in [5.74, 6) is 0. The lowest BCUT2D eigenvalue weighted by Crippen LogP contribution is -2.25. The molecule has 0 heterocycles. The second kappa shape index (κ2) is 3.83. The van der Waals surface area contributed by atoms with Gasteiger partial charge in [0.25, 0.3) is 0 Å². The molecule has 0 spiro atoms. The smallest absolute Gasteiger partial charge is 0.0945 e. The summed E-state index contributed by atoms with van der Waals surface area (Å²) in [5, 5.41) is 8.77. The van der Waals surface area contributed by atoms with E-state index in [1.807, 2.05) is 0 Å². The fraction of sp³-hybridized carbons (Fsp3) is 1.00. The second-order valence-electron chi connectivity index (χ2n) is 1.78. The predicted octanol–water partition coefficient (Wildman–Crippen LogP) is -0.312. The third-order valence-electron chi connectivity index (χ3n) is 1.04. The van der Waals surface area contributed by atoms with E-state index in [1.165, 1.54) is 0 Å². The van der Waals surface area contributed by atoms with Gasteiger partial charge in [-0.1, -0.05) is 0 Å². The van der Waals surface area contributed by atoms with Gasteiger partial charge in [-0.3, -0.25) is 0 Å². The normalized spacial score (nSPS) is 18.0. The summed E-state index contributed by atoms with van der Waals surface area (Å²) < 4.78 is 4.83. The third-order valence-corrected chi connectivity index (χ3v) is 1.04. The van der Waals surface area contributed by atoms with E-state index < -0.39 is 6.10 Å². The molecule has 0 saturated carbocycles. The van der Waals surface area contributed by atoms with Crippen molar-refractivity contribution in [2.24, 2.45) is 5.73 Å². The van der Waals surface area contributed by atoms with E-state index in [-0.39, 0.29) is 12.8 Å². The second-order valence-corrected chi connectivity index (χ2v) is 1.78. The number of aliphatic hydroxyl groups excluding tert-OH is 1. The molecule has 1 unspecified atom stereocenters. The molecule has 0 aliphatic rings. The van der Waals surface area contributed by atoms with Crippen molar-refractivity contribution < 1.29 is 9.84 Å². The lowest BCUT2D eigenvalue weighted by Gasteiger charge is -2.12. The van der Waals surface area contributed by atoms with E-state index >= 15 is 0 Å². The Bertz CT molecular complexity index is 56.4. The van der Waals surface area contributed by atoms with E-state index in [0.717, 1.165) is 0 Å². The molecule has 0 saturated heterocycles. The Morgan fingerprint density at radius 2 is 2.12 bits per heavy atom. The molecule has 0 rings (SSSR count). The highest BCUT2D eigenvalue weighted by Crippen LogP contribution is 1.94. The van der Waals surface area contributed by atoms with Crippen molar-refractivity contribution in [3.8, 4) is 0 Å². The topological polar surface area (TPSA) is 55.5 Å². The zero-order valence-electron chi connectivity index (χ0n) is 5.29. The molecular weight excluding hydrogens is 106 g/mol. The predicted molar refractivity (Wildman–Crippen MR) is 31.3 cm³/mol. The molecule has 3 N–H and O–H groups in total. The number of hydrogen-bond acceptors (Lipinski definition) is 3. The van der Waals surface area contributed by atoms with Crippen molar-refractivity contribution in [2.45, 2.75) is 26.1 Å². The van der Waals surface area contributed by atoms with Gasteiger partial charge in [0.2, 0.25) is 0 Å². The van der Waals surface area contributed by atoms with Gasteiger partial charge in [0.1, 0.15) is 0 Å². The fourth-order valence-electron chi connectivity index (χ4n) is 0.291. The largest absolute Gasteiger partial charge is 0.391 e. The van der Waals surface area contributed by atoms with Crippen LogP contribution in [-0.2, 0) is 4.74 Å². The number of aliphatic hydroxyl groups is 1. The van der Waals surface area contributed by atoms with Crippen LogP contribution in [0.5, 0.6) is 0 Å². The SMILES string of the molecule is CC(O)[C@H](C)OCN. The van der Waals surface area contributed by atoms with E-state index in [0.29, 0.717) is 0 Å². The molecule has 0 aromatic rings. The molecule has 3 heteroatoms. The molecule has 0 amide bonds. The first-order valence-electron chi connectivity index (χ1n) is 2.68. The van der Waals surface area contributed by atoms with Crippen LogP contribution in [0.25, 0.3) is 0 Å². The molecule has 0 radical (unpaired) electrons. The van der Waals surface area contributed by atoms with Gasteiger partial charge in [0, 0.05) is 0 Å². The zero-order chi connectivity index (χ0) is 6.57. The van der Waals surface area contributed by atoms with Crippen LogP contribution >= 0.6 is 0 Å². The van der Waals surface area contributed by atoms with Crippen molar-refractivity contribution in [2.75, 3.05) is 6.73 Å². The summed E-state index contributed by atoms with van der Waals surface area (Å²) in [6, 6.07) is 0. The molecule has 50 valence electrons. The maximum Gasteiger partial charge on any atom is 0.0945 e. The molecule has 2 atom stereocenters. The number of hydrogen-bond donors (Lipinski definition) is 2. The van der Waals surface area contributed by atoms with Crippen molar-refractivity contribution in [3.05, 3.63) is 0 Å². The quantitative estimate of drug-likeness (QED) is 0.501. The maximum atomic E-state index is 8.77. The Labute approximate surface area is 49.4 Å². The van der Waals surface area contributed by atoms with Crippen LogP contribution in [0.4, 0.5) is 0 Å². The van der Waals surface area contributed by atoms with Crippen molar-refractivity contribution in [1.29, 1.82) is 0 Å². The van der Waals surface area contributed by atoms with E-state index in [9.17, 15) is 0 Å². The molecule has 0 aliphatic carbocycles. The van der Waals surface area contributed by atoms with Gasteiger partial charge in [-0.2, -0.15) is 0 Å². The number of ether oxygens (including phenoxy) is 1. The minimum absolute atomic E-state index is 0.153. The highest BCUT2D eigenvalue weighted by atomic mass is 16.5. The average Bonchev–Trinajstić information content (AvgIpc) is 1.67. The molecule has 3 nitrogen and oxygen atoms in total. The van der Waals surface area contributed by atoms with Crippen molar-refractivity contribution in [1.82, 2.24) is 0 Å². The van der Waals surface area contributed by atoms with Gasteiger partial charge in [-0.05, 0) is 13.8 Å². The van der Waals surface area contributed by atoms with Gasteiger partial charge >= 0.3 is 0 Å². The molecular formula is C5H13NO2. The lowest BCUT2D eigenvalue weighted by molar-refractivity contribution is -0.0154. The van der Waals surface area contributed by atoms with Crippen LogP contribution in [0.3, 0.4) is 0 Å². The first-order chi connectivity index (χ1) is 3.68. The molecule has 0 aromatic carbocycles. The molecule has 0 aromatic heterocycles. The highest BCUT2D eigenvalue weighted by Gasteiger charge is 2.05.